The van der Waals surface area contributed by atoms with Crippen molar-refractivity contribution in [2.24, 2.45) is 0 Å². The summed E-state index contributed by atoms with van der Waals surface area (Å²) in [6, 6.07) is 88.1. The maximum absolute atomic E-state index is 7.40. The molecule has 2 aliphatic rings. The van der Waals surface area contributed by atoms with Crippen LogP contribution in [0.25, 0.3) is 66.4 Å². The summed E-state index contributed by atoms with van der Waals surface area (Å²) in [5, 5.41) is 3.40. The molecule has 1 heterocycles. The molecule has 0 bridgehead atoms. The highest BCUT2D eigenvalue weighted by Gasteiger charge is 2.54. The number of hydrogen-bond acceptors (Lipinski definition) is 3. The van der Waals surface area contributed by atoms with Crippen molar-refractivity contribution in [2.45, 2.75) is 57.8 Å². The van der Waals surface area contributed by atoms with Crippen molar-refractivity contribution in [3.05, 3.63) is 286 Å². The van der Waals surface area contributed by atoms with Crippen LogP contribution in [0, 0.1) is 0 Å². The zero-order valence-corrected chi connectivity index (χ0v) is 47.2. The predicted octanol–water partition coefficient (Wildman–Crippen LogP) is 22.1. The molecule has 3 nitrogen and oxygen atoms in total. The number of fused-ring (bicyclic) bond motifs is 14. The molecule has 0 aliphatic heterocycles. The summed E-state index contributed by atoms with van der Waals surface area (Å²) < 4.78 is 7.40. The van der Waals surface area contributed by atoms with E-state index >= 15 is 0 Å². The van der Waals surface area contributed by atoms with E-state index in [1.165, 1.54) is 22.3 Å². The first-order valence-corrected chi connectivity index (χ1v) is 28.4. The van der Waals surface area contributed by atoms with E-state index in [1.807, 2.05) is 12.1 Å². The van der Waals surface area contributed by atoms with Gasteiger partial charge < -0.3 is 14.2 Å². The number of nitrogens with zero attached hydrogens (tertiary/aromatic N) is 2. The smallest absolute Gasteiger partial charge is 0.145 e. The standard InChI is InChI=1S/C75H58Cl2N2O/c1-73(2,3)51-25-35-56(36-26-51)78(55-31-21-49(22-32-55)47-15-9-7-10-16-47)59-39-42-62-66(45-59)75(64-43-53(76)29-40-60(64)61-41-30-54(77)44-65(61)75)67-46-68(71-63-19-13-14-20-69(63)80-72(71)70(62)67)79(58-37-27-52(28-38-58)74(4,5)6)57-33-23-50(24-34-57)48-17-11-8-12-18-48/h7-46H,1-6H3. The molecule has 0 unspecified atom stereocenters. The highest BCUT2D eigenvalue weighted by molar-refractivity contribution is 6.31. The summed E-state index contributed by atoms with van der Waals surface area (Å²) >= 11 is 14.6. The number of halogens is 2. The van der Waals surface area contributed by atoms with Gasteiger partial charge in [0, 0.05) is 49.4 Å². The lowest BCUT2D eigenvalue weighted by Crippen LogP contribution is -2.27. The van der Waals surface area contributed by atoms with Gasteiger partial charge in [-0.2, -0.15) is 0 Å². The molecule has 80 heavy (non-hydrogen) atoms. The third-order valence-electron chi connectivity index (χ3n) is 16.7. The molecule has 11 aromatic carbocycles. The first kappa shape index (κ1) is 49.7. The largest absolute Gasteiger partial charge is 0.455 e. The Kier molecular flexibility index (Phi) is 11.7. The number of furan rings is 1. The molecule has 5 heteroatoms. The van der Waals surface area contributed by atoms with Gasteiger partial charge in [0.05, 0.1) is 16.5 Å². The van der Waals surface area contributed by atoms with Crippen molar-refractivity contribution >= 4 is 79.3 Å². The molecule has 0 atom stereocenters. The van der Waals surface area contributed by atoms with Crippen LogP contribution in [0.1, 0.15) is 74.9 Å². The van der Waals surface area contributed by atoms with Crippen LogP contribution in [0.2, 0.25) is 10.0 Å². The summed E-state index contributed by atoms with van der Waals surface area (Å²) in [4.78, 5) is 4.83. The second-order valence-corrected chi connectivity index (χ2v) is 24.4. The van der Waals surface area contributed by atoms with E-state index in [9.17, 15) is 0 Å². The van der Waals surface area contributed by atoms with Gasteiger partial charge in [0.2, 0.25) is 0 Å². The summed E-state index contributed by atoms with van der Waals surface area (Å²) in [6.45, 7) is 13.6. The van der Waals surface area contributed by atoms with Crippen molar-refractivity contribution in [3.63, 3.8) is 0 Å². The normalized spacial score (nSPS) is 13.1. The maximum Gasteiger partial charge on any atom is 0.145 e. The van der Waals surface area contributed by atoms with Crippen LogP contribution >= 0.6 is 23.2 Å². The molecule has 388 valence electrons. The third kappa shape index (κ3) is 8.00. The van der Waals surface area contributed by atoms with Gasteiger partial charge in [0.15, 0.2) is 0 Å². The molecule has 2 aliphatic carbocycles. The number of anilines is 6. The number of hydrogen-bond donors (Lipinski definition) is 0. The molecule has 0 amide bonds. The first-order chi connectivity index (χ1) is 38.7. The Morgan fingerprint density at radius 1 is 0.362 bits per heavy atom. The lowest BCUT2D eigenvalue weighted by molar-refractivity contribution is 0.590. The van der Waals surface area contributed by atoms with Crippen molar-refractivity contribution in [3.8, 4) is 44.5 Å². The molecular formula is C75H58Cl2N2O. The highest BCUT2D eigenvalue weighted by atomic mass is 35.5. The highest BCUT2D eigenvalue weighted by Crippen LogP contribution is 2.66. The summed E-state index contributed by atoms with van der Waals surface area (Å²) in [6.07, 6.45) is 0. The Hall–Kier alpha value is -8.60. The van der Waals surface area contributed by atoms with E-state index in [-0.39, 0.29) is 10.8 Å². The van der Waals surface area contributed by atoms with Crippen molar-refractivity contribution in [1.82, 2.24) is 0 Å². The van der Waals surface area contributed by atoms with Crippen molar-refractivity contribution in [1.29, 1.82) is 0 Å². The van der Waals surface area contributed by atoms with Gasteiger partial charge in [-0.3, -0.25) is 0 Å². The first-order valence-electron chi connectivity index (χ1n) is 27.6. The van der Waals surface area contributed by atoms with E-state index in [1.54, 1.807) is 0 Å². The van der Waals surface area contributed by atoms with Gasteiger partial charge in [-0.05, 0) is 180 Å². The van der Waals surface area contributed by atoms with Gasteiger partial charge in [-0.25, -0.2) is 0 Å². The van der Waals surface area contributed by atoms with E-state index in [0.29, 0.717) is 10.0 Å². The number of benzene rings is 11. The van der Waals surface area contributed by atoms with E-state index < -0.39 is 5.41 Å². The maximum atomic E-state index is 7.40. The fraction of sp³-hybridized carbons (Fsp3) is 0.120. The molecule has 0 saturated heterocycles. The lowest BCUT2D eigenvalue weighted by Gasteiger charge is -2.34. The molecule has 0 N–H and O–H groups in total. The SMILES string of the molecule is CC(C)(C)c1ccc(N(c2ccc(-c3ccccc3)cc2)c2ccc3c(c2)C2(c4cc(Cl)ccc4-c4ccc(Cl)cc42)c2cc(N(c4ccc(-c5ccccc5)cc4)c4ccc(C(C)(C)C)cc4)c4c(oc5ccccc54)c2-3)cc1. The molecule has 0 fully saturated rings. The average molecular weight is 1070 g/mol. The van der Waals surface area contributed by atoms with Crippen molar-refractivity contribution in [2.75, 3.05) is 9.80 Å². The second-order valence-electron chi connectivity index (χ2n) is 23.6. The van der Waals surface area contributed by atoms with Crippen LogP contribution in [0.4, 0.5) is 34.1 Å². The summed E-state index contributed by atoms with van der Waals surface area (Å²) in [5.41, 5.74) is 22.9. The van der Waals surface area contributed by atoms with Gasteiger partial charge in [0.25, 0.3) is 0 Å². The van der Waals surface area contributed by atoms with Crippen LogP contribution in [0.5, 0.6) is 0 Å². The monoisotopic (exact) mass is 1070 g/mol. The lowest BCUT2D eigenvalue weighted by atomic mass is 9.70. The Morgan fingerprint density at radius 3 is 1.27 bits per heavy atom. The van der Waals surface area contributed by atoms with Crippen LogP contribution in [0.15, 0.2) is 247 Å². The van der Waals surface area contributed by atoms with Crippen LogP contribution in [0.3, 0.4) is 0 Å². The summed E-state index contributed by atoms with van der Waals surface area (Å²) in [5.74, 6) is 0. The molecule has 1 spiro atoms. The molecule has 0 radical (unpaired) electrons. The quantitative estimate of drug-likeness (QED) is 0.151. The molecule has 12 aromatic rings. The van der Waals surface area contributed by atoms with Crippen molar-refractivity contribution < 1.29 is 4.42 Å². The number of rotatable bonds is 8. The minimum Gasteiger partial charge on any atom is -0.455 e. The zero-order chi connectivity index (χ0) is 54.7. The van der Waals surface area contributed by atoms with Gasteiger partial charge >= 0.3 is 0 Å². The Balaban J connectivity index is 1.07. The fourth-order valence-corrected chi connectivity index (χ4v) is 13.1. The van der Waals surface area contributed by atoms with E-state index in [0.717, 1.165) is 112 Å². The Bertz CT molecular complexity index is 4310. The van der Waals surface area contributed by atoms with Gasteiger partial charge in [-0.15, -0.1) is 0 Å². The minimum absolute atomic E-state index is 0.0177. The average Bonchev–Trinajstić information content (AvgIpc) is 1.92. The van der Waals surface area contributed by atoms with Gasteiger partial charge in [-0.1, -0.05) is 210 Å². The van der Waals surface area contributed by atoms with E-state index in [4.69, 9.17) is 27.6 Å². The molecule has 14 rings (SSSR count). The molecule has 0 saturated carbocycles. The molecular weight excluding hydrogens is 1020 g/mol. The van der Waals surface area contributed by atoms with E-state index in [2.05, 4.69) is 282 Å². The Morgan fingerprint density at radius 2 is 0.775 bits per heavy atom. The number of para-hydroxylation sites is 1. The van der Waals surface area contributed by atoms with Gasteiger partial charge in [0.1, 0.15) is 11.2 Å². The van der Waals surface area contributed by atoms with Crippen LogP contribution in [-0.4, -0.2) is 0 Å². The van der Waals surface area contributed by atoms with Crippen LogP contribution in [-0.2, 0) is 16.2 Å². The Labute approximate surface area is 479 Å². The molecule has 1 aromatic heterocycles. The fourth-order valence-electron chi connectivity index (χ4n) is 12.8. The topological polar surface area (TPSA) is 19.6 Å². The zero-order valence-electron chi connectivity index (χ0n) is 45.7. The van der Waals surface area contributed by atoms with Crippen LogP contribution < -0.4 is 9.80 Å². The third-order valence-corrected chi connectivity index (χ3v) is 17.2. The predicted molar refractivity (Wildman–Crippen MR) is 338 cm³/mol. The second kappa shape index (κ2) is 18.8. The minimum atomic E-state index is -0.902. The summed E-state index contributed by atoms with van der Waals surface area (Å²) in [7, 11) is 0.